The SMILES string of the molecule is CCCCCCCCCCCCCCCCC=CC1C(=O)OC1=C=CCCCCCCCCCCCCCCCCC. The Bertz CT molecular complexity index is 684. The van der Waals surface area contributed by atoms with E-state index in [2.05, 4.69) is 31.7 Å². The first kappa shape index (κ1) is 38.8. The topological polar surface area (TPSA) is 26.3 Å². The summed E-state index contributed by atoms with van der Waals surface area (Å²) in [7, 11) is 0. The van der Waals surface area contributed by atoms with Crippen LogP contribution >= 0.6 is 0 Å². The maximum Gasteiger partial charge on any atom is 0.326 e. The van der Waals surface area contributed by atoms with Gasteiger partial charge in [-0.15, -0.1) is 0 Å². The number of rotatable bonds is 32. The van der Waals surface area contributed by atoms with Crippen LogP contribution in [-0.4, -0.2) is 5.97 Å². The monoisotopic (exact) mass is 585 g/mol. The van der Waals surface area contributed by atoms with Crippen molar-refractivity contribution < 1.29 is 9.53 Å². The Labute approximate surface area is 263 Å². The molecule has 1 atom stereocenters. The lowest BCUT2D eigenvalue weighted by atomic mass is 10.0. The van der Waals surface area contributed by atoms with Gasteiger partial charge in [0.2, 0.25) is 0 Å². The lowest BCUT2D eigenvalue weighted by molar-refractivity contribution is -0.153. The van der Waals surface area contributed by atoms with E-state index in [-0.39, 0.29) is 11.9 Å². The van der Waals surface area contributed by atoms with Crippen molar-refractivity contribution in [1.29, 1.82) is 0 Å². The van der Waals surface area contributed by atoms with Crippen LogP contribution in [0.15, 0.2) is 29.7 Å². The van der Waals surface area contributed by atoms with E-state index < -0.39 is 0 Å². The van der Waals surface area contributed by atoms with Gasteiger partial charge >= 0.3 is 5.97 Å². The van der Waals surface area contributed by atoms with Crippen molar-refractivity contribution >= 4 is 5.97 Å². The molecule has 1 unspecified atom stereocenters. The van der Waals surface area contributed by atoms with Crippen molar-refractivity contribution in [3.8, 4) is 0 Å². The number of cyclic esters (lactones) is 1. The summed E-state index contributed by atoms with van der Waals surface area (Å²) in [5.41, 5.74) is 3.25. The van der Waals surface area contributed by atoms with Crippen LogP contribution in [0.1, 0.15) is 213 Å². The summed E-state index contributed by atoms with van der Waals surface area (Å²) < 4.78 is 5.24. The zero-order chi connectivity index (χ0) is 30.2. The van der Waals surface area contributed by atoms with Crippen molar-refractivity contribution in [2.75, 3.05) is 0 Å². The van der Waals surface area contributed by atoms with Gasteiger partial charge in [-0.25, -0.2) is 0 Å². The van der Waals surface area contributed by atoms with Crippen molar-refractivity contribution in [3.05, 3.63) is 29.7 Å². The molecule has 0 aromatic heterocycles. The molecule has 1 heterocycles. The summed E-state index contributed by atoms with van der Waals surface area (Å²) in [5, 5.41) is 0. The third kappa shape index (κ3) is 24.2. The van der Waals surface area contributed by atoms with Gasteiger partial charge < -0.3 is 4.74 Å². The number of carbonyl (C=O) groups excluding carboxylic acids is 1. The van der Waals surface area contributed by atoms with E-state index in [9.17, 15) is 4.79 Å². The molecule has 42 heavy (non-hydrogen) atoms. The van der Waals surface area contributed by atoms with Gasteiger partial charge in [-0.3, -0.25) is 4.79 Å². The van der Waals surface area contributed by atoms with Gasteiger partial charge in [0.05, 0.1) is 0 Å². The molecule has 2 heteroatoms. The summed E-state index contributed by atoms with van der Waals surface area (Å²) >= 11 is 0. The fourth-order valence-electron chi connectivity index (χ4n) is 6.05. The maximum atomic E-state index is 11.9. The Kier molecular flexibility index (Phi) is 28.8. The Morgan fingerprint density at radius 3 is 1.19 bits per heavy atom. The summed E-state index contributed by atoms with van der Waals surface area (Å²) in [6, 6.07) is 0. The zero-order valence-electron chi connectivity index (χ0n) is 28.5. The van der Waals surface area contributed by atoms with E-state index in [1.807, 2.05) is 6.08 Å². The van der Waals surface area contributed by atoms with Crippen LogP contribution in [0.25, 0.3) is 0 Å². The Balaban J connectivity index is 1.90. The van der Waals surface area contributed by atoms with Crippen LogP contribution in [-0.2, 0) is 9.53 Å². The molecule has 1 aliphatic heterocycles. The van der Waals surface area contributed by atoms with Gasteiger partial charge in [0, 0.05) is 0 Å². The largest absolute Gasteiger partial charge is 0.420 e. The number of carbonyl (C=O) groups is 1. The minimum atomic E-state index is -0.186. The summed E-state index contributed by atoms with van der Waals surface area (Å²) in [5.74, 6) is 0.419. The van der Waals surface area contributed by atoms with Gasteiger partial charge in [-0.1, -0.05) is 205 Å². The molecule has 0 aromatic rings. The predicted octanol–water partition coefficient (Wildman–Crippen LogP) is 13.9. The molecule has 0 spiro atoms. The molecule has 0 radical (unpaired) electrons. The van der Waals surface area contributed by atoms with Crippen LogP contribution in [0.3, 0.4) is 0 Å². The number of ether oxygens (including phenoxy) is 1. The summed E-state index contributed by atoms with van der Waals surface area (Å²) in [4.78, 5) is 11.9. The standard InChI is InChI=1S/C40H72O2/c1-3-5-7-9-11-13-15-17-19-21-23-25-27-29-31-33-35-37-39-38(40(41)42-39)36-34-32-30-28-26-24-22-20-18-16-14-12-10-8-6-4-2/h34-36,38H,3-33H2,1-2H3. The van der Waals surface area contributed by atoms with E-state index in [0.717, 1.165) is 18.6 Å². The number of hydrogen-bond acceptors (Lipinski definition) is 2. The van der Waals surface area contributed by atoms with E-state index in [4.69, 9.17) is 4.74 Å². The van der Waals surface area contributed by atoms with E-state index >= 15 is 0 Å². The van der Waals surface area contributed by atoms with Gasteiger partial charge in [-0.05, 0) is 31.8 Å². The molecule has 1 saturated heterocycles. The zero-order valence-corrected chi connectivity index (χ0v) is 28.5. The first-order valence-electron chi connectivity index (χ1n) is 19.1. The van der Waals surface area contributed by atoms with Crippen LogP contribution < -0.4 is 0 Å². The second-order valence-electron chi connectivity index (χ2n) is 13.2. The van der Waals surface area contributed by atoms with E-state index in [1.54, 1.807) is 0 Å². The Hall–Kier alpha value is -1.27. The molecule has 1 rings (SSSR count). The quantitative estimate of drug-likeness (QED) is 0.0340. The first-order valence-corrected chi connectivity index (χ1v) is 19.1. The third-order valence-corrected chi connectivity index (χ3v) is 9.00. The van der Waals surface area contributed by atoms with Crippen LogP contribution in [0.5, 0.6) is 0 Å². The molecule has 0 aliphatic carbocycles. The van der Waals surface area contributed by atoms with Crippen LogP contribution in [0.2, 0.25) is 0 Å². The highest BCUT2D eigenvalue weighted by molar-refractivity contribution is 5.84. The van der Waals surface area contributed by atoms with Crippen molar-refractivity contribution in [1.82, 2.24) is 0 Å². The molecule has 1 fully saturated rings. The average molecular weight is 585 g/mol. The lowest BCUT2D eigenvalue weighted by Gasteiger charge is -2.23. The normalized spacial score (nSPS) is 14.8. The molecule has 2 nitrogen and oxygen atoms in total. The average Bonchev–Trinajstić information content (AvgIpc) is 2.99. The van der Waals surface area contributed by atoms with Gasteiger partial charge in [0.1, 0.15) is 5.92 Å². The molecular formula is C40H72O2. The Morgan fingerprint density at radius 2 is 0.833 bits per heavy atom. The molecule has 0 N–H and O–H groups in total. The van der Waals surface area contributed by atoms with Crippen LogP contribution in [0, 0.1) is 5.92 Å². The highest BCUT2D eigenvalue weighted by atomic mass is 16.6. The first-order chi connectivity index (χ1) is 20.8. The minimum absolute atomic E-state index is 0.116. The highest BCUT2D eigenvalue weighted by Gasteiger charge is 2.35. The second-order valence-corrected chi connectivity index (χ2v) is 13.2. The molecule has 1 aliphatic rings. The summed E-state index contributed by atoms with van der Waals surface area (Å²) in [6.45, 7) is 4.58. The van der Waals surface area contributed by atoms with Gasteiger partial charge in [0.15, 0.2) is 5.76 Å². The number of unbranched alkanes of at least 4 members (excludes halogenated alkanes) is 29. The highest BCUT2D eigenvalue weighted by Crippen LogP contribution is 2.27. The van der Waals surface area contributed by atoms with Gasteiger partial charge in [0.25, 0.3) is 0 Å². The van der Waals surface area contributed by atoms with Gasteiger partial charge in [-0.2, -0.15) is 0 Å². The smallest absolute Gasteiger partial charge is 0.326 e. The molecule has 0 bridgehead atoms. The molecule has 0 amide bonds. The number of allylic oxidation sites excluding steroid dienone is 1. The molecule has 0 aromatic carbocycles. The molecule has 244 valence electrons. The van der Waals surface area contributed by atoms with Crippen molar-refractivity contribution in [2.24, 2.45) is 5.92 Å². The fraction of sp³-hybridized carbons (Fsp3) is 0.850. The van der Waals surface area contributed by atoms with Crippen molar-refractivity contribution in [2.45, 2.75) is 213 Å². The summed E-state index contributed by atoms with van der Waals surface area (Å²) in [6.07, 6.45) is 48.8. The predicted molar refractivity (Wildman–Crippen MR) is 185 cm³/mol. The van der Waals surface area contributed by atoms with Crippen LogP contribution in [0.4, 0.5) is 0 Å². The second kappa shape index (κ2) is 31.2. The minimum Gasteiger partial charge on any atom is -0.420 e. The van der Waals surface area contributed by atoms with E-state index in [0.29, 0.717) is 0 Å². The molecule has 0 saturated carbocycles. The Morgan fingerprint density at radius 1 is 0.500 bits per heavy atom. The number of esters is 1. The molecular weight excluding hydrogens is 512 g/mol. The maximum absolute atomic E-state index is 11.9. The number of hydrogen-bond donors (Lipinski definition) is 0. The third-order valence-electron chi connectivity index (χ3n) is 9.00. The van der Waals surface area contributed by atoms with E-state index in [1.165, 1.54) is 186 Å². The fourth-order valence-corrected chi connectivity index (χ4v) is 6.05. The van der Waals surface area contributed by atoms with Crippen molar-refractivity contribution in [3.63, 3.8) is 0 Å². The lowest BCUT2D eigenvalue weighted by Crippen LogP contribution is -2.30.